The Bertz CT molecular complexity index is 460. The Kier molecular flexibility index (Phi) is 5.00. The second kappa shape index (κ2) is 6.74. The van der Waals surface area contributed by atoms with Gasteiger partial charge in [-0.05, 0) is 6.92 Å². The average Bonchev–Trinajstić information content (AvgIpc) is 2.98. The molecule has 98 valence electrons. The fourth-order valence-electron chi connectivity index (χ4n) is 1.31. The summed E-state index contributed by atoms with van der Waals surface area (Å²) in [6, 6.07) is 0. The number of aliphatic hydroxyl groups excluding tert-OH is 1. The molecule has 8 heteroatoms. The molecule has 0 aromatic carbocycles. The SMILES string of the molecule is Cc1ncc(CNCC(O)COc2cnsn2)s1. The van der Waals surface area contributed by atoms with Gasteiger partial charge in [-0.3, -0.25) is 0 Å². The Hall–Kier alpha value is -1.09. The van der Waals surface area contributed by atoms with E-state index < -0.39 is 6.10 Å². The maximum absolute atomic E-state index is 9.69. The van der Waals surface area contributed by atoms with Crippen molar-refractivity contribution in [1.29, 1.82) is 0 Å². The van der Waals surface area contributed by atoms with Crippen LogP contribution in [0.25, 0.3) is 0 Å². The highest BCUT2D eigenvalue weighted by atomic mass is 32.1. The number of thiazole rings is 1. The van der Waals surface area contributed by atoms with Crippen molar-refractivity contribution in [2.45, 2.75) is 19.6 Å². The van der Waals surface area contributed by atoms with Crippen molar-refractivity contribution in [2.24, 2.45) is 0 Å². The Labute approximate surface area is 113 Å². The number of nitrogens with zero attached hydrogens (tertiary/aromatic N) is 3. The molecule has 0 aliphatic heterocycles. The largest absolute Gasteiger partial charge is 0.473 e. The predicted molar refractivity (Wildman–Crippen MR) is 70.0 cm³/mol. The molecule has 2 N–H and O–H groups in total. The average molecular weight is 286 g/mol. The quantitative estimate of drug-likeness (QED) is 0.785. The second-order valence-electron chi connectivity index (χ2n) is 3.69. The first kappa shape index (κ1) is 13.3. The monoisotopic (exact) mass is 286 g/mol. The molecule has 0 saturated carbocycles. The van der Waals surface area contributed by atoms with E-state index in [1.807, 2.05) is 13.1 Å². The molecular formula is C10H14N4O2S2. The van der Waals surface area contributed by atoms with Gasteiger partial charge in [0.2, 0.25) is 5.88 Å². The van der Waals surface area contributed by atoms with Crippen molar-refractivity contribution in [1.82, 2.24) is 19.0 Å². The molecule has 0 aliphatic carbocycles. The van der Waals surface area contributed by atoms with E-state index in [4.69, 9.17) is 4.74 Å². The van der Waals surface area contributed by atoms with Crippen molar-refractivity contribution in [2.75, 3.05) is 13.2 Å². The van der Waals surface area contributed by atoms with Gasteiger partial charge in [-0.1, -0.05) is 0 Å². The molecule has 0 amide bonds. The van der Waals surface area contributed by atoms with Crippen LogP contribution >= 0.6 is 23.1 Å². The zero-order chi connectivity index (χ0) is 12.8. The number of nitrogens with one attached hydrogen (secondary N) is 1. The molecule has 0 fully saturated rings. The first-order valence-electron chi connectivity index (χ1n) is 5.44. The van der Waals surface area contributed by atoms with E-state index in [2.05, 4.69) is 19.0 Å². The van der Waals surface area contributed by atoms with Crippen LogP contribution in [-0.2, 0) is 6.54 Å². The first-order chi connectivity index (χ1) is 8.74. The summed E-state index contributed by atoms with van der Waals surface area (Å²) in [6.07, 6.45) is 2.81. The number of aryl methyl sites for hydroxylation is 1. The standard InChI is InChI=1S/C10H14N4O2S2/c1-7-12-4-9(17-7)3-11-2-8(15)6-16-10-5-13-18-14-10/h4-5,8,11,15H,2-3,6H2,1H3. The van der Waals surface area contributed by atoms with Gasteiger partial charge in [0.25, 0.3) is 0 Å². The molecule has 18 heavy (non-hydrogen) atoms. The van der Waals surface area contributed by atoms with Crippen LogP contribution in [0.15, 0.2) is 12.4 Å². The summed E-state index contributed by atoms with van der Waals surface area (Å²) in [5.41, 5.74) is 0. The van der Waals surface area contributed by atoms with Gasteiger partial charge in [0.15, 0.2) is 0 Å². The maximum Gasteiger partial charge on any atom is 0.245 e. The number of hydrogen-bond donors (Lipinski definition) is 2. The number of aromatic nitrogens is 3. The van der Waals surface area contributed by atoms with Gasteiger partial charge in [-0.2, -0.15) is 4.37 Å². The Balaban J connectivity index is 1.61. The summed E-state index contributed by atoms with van der Waals surface area (Å²) in [4.78, 5) is 5.32. The van der Waals surface area contributed by atoms with Gasteiger partial charge in [-0.25, -0.2) is 4.98 Å². The lowest BCUT2D eigenvalue weighted by Crippen LogP contribution is -2.31. The maximum atomic E-state index is 9.69. The molecule has 1 atom stereocenters. The van der Waals surface area contributed by atoms with E-state index in [0.29, 0.717) is 19.0 Å². The van der Waals surface area contributed by atoms with Crippen LogP contribution in [0.4, 0.5) is 0 Å². The van der Waals surface area contributed by atoms with Gasteiger partial charge in [0, 0.05) is 24.2 Å². The molecule has 0 aliphatic rings. The minimum atomic E-state index is -0.569. The van der Waals surface area contributed by atoms with Crippen LogP contribution in [0.3, 0.4) is 0 Å². The summed E-state index contributed by atoms with van der Waals surface area (Å²) in [5, 5.41) is 13.9. The highest BCUT2D eigenvalue weighted by Gasteiger charge is 2.06. The highest BCUT2D eigenvalue weighted by Crippen LogP contribution is 2.10. The van der Waals surface area contributed by atoms with Gasteiger partial charge >= 0.3 is 0 Å². The molecule has 6 nitrogen and oxygen atoms in total. The molecule has 1 unspecified atom stereocenters. The molecule has 0 spiro atoms. The first-order valence-corrected chi connectivity index (χ1v) is 6.99. The lowest BCUT2D eigenvalue weighted by molar-refractivity contribution is 0.104. The lowest BCUT2D eigenvalue weighted by Gasteiger charge is -2.11. The van der Waals surface area contributed by atoms with E-state index in [1.165, 1.54) is 6.20 Å². The zero-order valence-corrected chi connectivity index (χ0v) is 11.5. The van der Waals surface area contributed by atoms with Crippen molar-refractivity contribution >= 4 is 23.1 Å². The summed E-state index contributed by atoms with van der Waals surface area (Å²) in [5.74, 6) is 0.456. The fraction of sp³-hybridized carbons (Fsp3) is 0.500. The molecule has 0 bridgehead atoms. The normalized spacial score (nSPS) is 12.6. The topological polar surface area (TPSA) is 80.2 Å². The molecule has 2 aromatic rings. The molecule has 2 heterocycles. The molecule has 0 radical (unpaired) electrons. The van der Waals surface area contributed by atoms with Gasteiger partial charge in [0.1, 0.15) is 18.9 Å². The lowest BCUT2D eigenvalue weighted by atomic mass is 10.3. The summed E-state index contributed by atoms with van der Waals surface area (Å²) in [7, 11) is 0. The van der Waals surface area contributed by atoms with Gasteiger partial charge in [0.05, 0.1) is 16.7 Å². The third kappa shape index (κ3) is 4.30. The second-order valence-corrected chi connectivity index (χ2v) is 5.56. The third-order valence-corrected chi connectivity index (χ3v) is 3.49. The Morgan fingerprint density at radius 1 is 1.50 bits per heavy atom. The van der Waals surface area contributed by atoms with E-state index in [-0.39, 0.29) is 6.61 Å². The van der Waals surface area contributed by atoms with Crippen molar-refractivity contribution < 1.29 is 9.84 Å². The van der Waals surface area contributed by atoms with Crippen LogP contribution in [0.1, 0.15) is 9.88 Å². The third-order valence-electron chi connectivity index (χ3n) is 2.11. The van der Waals surface area contributed by atoms with E-state index in [0.717, 1.165) is 21.6 Å². The molecular weight excluding hydrogens is 272 g/mol. The van der Waals surface area contributed by atoms with E-state index >= 15 is 0 Å². The van der Waals surface area contributed by atoms with E-state index in [1.54, 1.807) is 11.3 Å². The summed E-state index contributed by atoms with van der Waals surface area (Å²) >= 11 is 2.73. The number of aliphatic hydroxyl groups is 1. The van der Waals surface area contributed by atoms with Crippen molar-refractivity contribution in [3.8, 4) is 5.88 Å². The smallest absolute Gasteiger partial charge is 0.245 e. The van der Waals surface area contributed by atoms with Crippen molar-refractivity contribution in [3.63, 3.8) is 0 Å². The van der Waals surface area contributed by atoms with Crippen LogP contribution in [0, 0.1) is 6.92 Å². The molecule has 2 aromatic heterocycles. The fourth-order valence-corrected chi connectivity index (χ4v) is 2.44. The van der Waals surface area contributed by atoms with Gasteiger partial charge in [-0.15, -0.1) is 15.7 Å². The molecule has 2 rings (SSSR count). The predicted octanol–water partition coefficient (Wildman–Crippen LogP) is 0.833. The highest BCUT2D eigenvalue weighted by molar-refractivity contribution is 7.11. The number of ether oxygens (including phenoxy) is 1. The van der Waals surface area contributed by atoms with Crippen LogP contribution < -0.4 is 10.1 Å². The minimum Gasteiger partial charge on any atom is -0.473 e. The van der Waals surface area contributed by atoms with Crippen LogP contribution in [0.5, 0.6) is 5.88 Å². The number of rotatable bonds is 7. The summed E-state index contributed by atoms with van der Waals surface area (Å²) in [6.45, 7) is 3.36. The summed E-state index contributed by atoms with van der Waals surface area (Å²) < 4.78 is 12.9. The number of hydrogen-bond acceptors (Lipinski definition) is 8. The van der Waals surface area contributed by atoms with Crippen molar-refractivity contribution in [3.05, 3.63) is 22.3 Å². The Morgan fingerprint density at radius 3 is 3.06 bits per heavy atom. The van der Waals surface area contributed by atoms with Crippen LogP contribution in [-0.4, -0.2) is 38.1 Å². The molecule has 0 saturated heterocycles. The minimum absolute atomic E-state index is 0.208. The van der Waals surface area contributed by atoms with E-state index in [9.17, 15) is 5.11 Å². The zero-order valence-electron chi connectivity index (χ0n) is 9.87. The van der Waals surface area contributed by atoms with Crippen LogP contribution in [0.2, 0.25) is 0 Å². The Morgan fingerprint density at radius 2 is 2.39 bits per heavy atom. The van der Waals surface area contributed by atoms with Gasteiger partial charge < -0.3 is 15.2 Å².